The van der Waals surface area contributed by atoms with Crippen LogP contribution >= 0.6 is 0 Å². The molecule has 0 atom stereocenters. The number of nitrogens with two attached hydrogens (primary N) is 1. The molecule has 0 spiro atoms. The molecular formula is C12H14N2O2. The first-order valence-corrected chi connectivity index (χ1v) is 5.32. The van der Waals surface area contributed by atoms with Gasteiger partial charge in [-0.15, -0.1) is 0 Å². The zero-order chi connectivity index (χ0) is 11.7. The van der Waals surface area contributed by atoms with E-state index in [4.69, 9.17) is 5.73 Å². The molecule has 1 aromatic rings. The molecule has 4 heteroatoms. The maximum absolute atomic E-state index is 11.7. The Hall–Kier alpha value is -1.68. The summed E-state index contributed by atoms with van der Waals surface area (Å²) < 4.78 is 0. The van der Waals surface area contributed by atoms with E-state index in [1.165, 1.54) is 4.90 Å². The number of carbonyl (C=O) groups excluding carboxylic acids is 2. The number of amides is 1. The molecule has 1 amide bonds. The standard InChI is InChI=1S/C12H14N2O2/c1-8-3-4-9-10(7-8)14(6-2-5-13)12(16)11(9)15/h3-4,7H,2,5-6,13H2,1H3. The van der Waals surface area contributed by atoms with Gasteiger partial charge in [0.05, 0.1) is 11.3 Å². The normalized spacial score (nSPS) is 14.5. The molecule has 1 heterocycles. The van der Waals surface area contributed by atoms with Crippen LogP contribution in [0.15, 0.2) is 18.2 Å². The van der Waals surface area contributed by atoms with E-state index < -0.39 is 11.7 Å². The molecule has 2 rings (SSSR count). The second-order valence-corrected chi connectivity index (χ2v) is 3.95. The first kappa shape index (κ1) is 10.8. The van der Waals surface area contributed by atoms with E-state index in [0.717, 1.165) is 11.3 Å². The molecule has 0 aromatic heterocycles. The number of carbonyl (C=O) groups is 2. The van der Waals surface area contributed by atoms with Crippen LogP contribution in [0.25, 0.3) is 0 Å². The van der Waals surface area contributed by atoms with Crippen molar-refractivity contribution in [3.63, 3.8) is 0 Å². The summed E-state index contributed by atoms with van der Waals surface area (Å²) in [5, 5.41) is 0. The Morgan fingerprint density at radius 2 is 2.06 bits per heavy atom. The summed E-state index contributed by atoms with van der Waals surface area (Å²) in [7, 11) is 0. The lowest BCUT2D eigenvalue weighted by Gasteiger charge is -2.15. The molecule has 1 aliphatic heterocycles. The van der Waals surface area contributed by atoms with Crippen LogP contribution in [0.4, 0.5) is 5.69 Å². The van der Waals surface area contributed by atoms with Gasteiger partial charge in [0.2, 0.25) is 0 Å². The van der Waals surface area contributed by atoms with Crippen LogP contribution in [-0.2, 0) is 4.79 Å². The summed E-state index contributed by atoms with van der Waals surface area (Å²) in [5.41, 5.74) is 7.69. The number of benzene rings is 1. The van der Waals surface area contributed by atoms with Gasteiger partial charge in [0.25, 0.3) is 11.7 Å². The summed E-state index contributed by atoms with van der Waals surface area (Å²) in [4.78, 5) is 24.9. The molecule has 1 aromatic carbocycles. The van der Waals surface area contributed by atoms with Crippen LogP contribution in [0, 0.1) is 6.92 Å². The smallest absolute Gasteiger partial charge is 0.299 e. The van der Waals surface area contributed by atoms with Crippen LogP contribution in [0.1, 0.15) is 22.3 Å². The molecule has 4 nitrogen and oxygen atoms in total. The number of aryl methyl sites for hydroxylation is 1. The number of hydrogen-bond acceptors (Lipinski definition) is 3. The van der Waals surface area contributed by atoms with E-state index in [2.05, 4.69) is 0 Å². The lowest BCUT2D eigenvalue weighted by Crippen LogP contribution is -2.31. The average molecular weight is 218 g/mol. The Bertz CT molecular complexity index is 454. The Balaban J connectivity index is 2.39. The number of rotatable bonds is 3. The fourth-order valence-electron chi connectivity index (χ4n) is 1.88. The largest absolute Gasteiger partial charge is 0.330 e. The van der Waals surface area contributed by atoms with Crippen molar-refractivity contribution in [2.45, 2.75) is 13.3 Å². The zero-order valence-electron chi connectivity index (χ0n) is 9.19. The molecule has 0 unspecified atom stereocenters. The van der Waals surface area contributed by atoms with Gasteiger partial charge in [-0.3, -0.25) is 9.59 Å². The Morgan fingerprint density at radius 1 is 1.31 bits per heavy atom. The third kappa shape index (κ3) is 1.61. The lowest BCUT2D eigenvalue weighted by molar-refractivity contribution is -0.114. The lowest BCUT2D eigenvalue weighted by atomic mass is 10.1. The molecule has 0 fully saturated rings. The first-order valence-electron chi connectivity index (χ1n) is 5.32. The predicted molar refractivity (Wildman–Crippen MR) is 61.5 cm³/mol. The van der Waals surface area contributed by atoms with E-state index >= 15 is 0 Å². The Morgan fingerprint density at radius 3 is 2.75 bits per heavy atom. The number of nitrogens with zero attached hydrogens (tertiary/aromatic N) is 1. The minimum Gasteiger partial charge on any atom is -0.330 e. The van der Waals surface area contributed by atoms with E-state index in [9.17, 15) is 9.59 Å². The van der Waals surface area contributed by atoms with Gasteiger partial charge in [-0.25, -0.2) is 0 Å². The number of ketones is 1. The summed E-state index contributed by atoms with van der Waals surface area (Å²) in [6.07, 6.45) is 0.701. The fourth-order valence-corrected chi connectivity index (χ4v) is 1.88. The molecule has 84 valence electrons. The van der Waals surface area contributed by atoms with Crippen molar-refractivity contribution in [1.29, 1.82) is 0 Å². The fraction of sp³-hybridized carbons (Fsp3) is 0.333. The minimum absolute atomic E-state index is 0.410. The highest BCUT2D eigenvalue weighted by Crippen LogP contribution is 2.29. The molecular weight excluding hydrogens is 204 g/mol. The second kappa shape index (κ2) is 4.06. The van der Waals surface area contributed by atoms with Crippen molar-refractivity contribution in [1.82, 2.24) is 0 Å². The number of fused-ring (bicyclic) bond motifs is 1. The van der Waals surface area contributed by atoms with Gasteiger partial charge in [-0.1, -0.05) is 6.07 Å². The first-order chi connectivity index (χ1) is 7.65. The van der Waals surface area contributed by atoms with Gasteiger partial charge in [-0.2, -0.15) is 0 Å². The van der Waals surface area contributed by atoms with Gasteiger partial charge < -0.3 is 10.6 Å². The van der Waals surface area contributed by atoms with Crippen molar-refractivity contribution in [2.24, 2.45) is 5.73 Å². The predicted octanol–water partition coefficient (Wildman–Crippen LogP) is 0.873. The van der Waals surface area contributed by atoms with Gasteiger partial charge in [0, 0.05) is 6.54 Å². The number of anilines is 1. The van der Waals surface area contributed by atoms with Crippen LogP contribution in [0.2, 0.25) is 0 Å². The van der Waals surface area contributed by atoms with Gasteiger partial charge >= 0.3 is 0 Å². The van der Waals surface area contributed by atoms with Crippen LogP contribution in [-0.4, -0.2) is 24.8 Å². The number of hydrogen-bond donors (Lipinski definition) is 1. The third-order valence-corrected chi connectivity index (χ3v) is 2.71. The van der Waals surface area contributed by atoms with Crippen LogP contribution < -0.4 is 10.6 Å². The highest BCUT2D eigenvalue weighted by Gasteiger charge is 2.34. The van der Waals surface area contributed by atoms with Crippen molar-refractivity contribution < 1.29 is 9.59 Å². The molecule has 1 aliphatic rings. The Kier molecular flexibility index (Phi) is 2.75. The van der Waals surface area contributed by atoms with Crippen molar-refractivity contribution in [3.05, 3.63) is 29.3 Å². The summed E-state index contributed by atoms with van der Waals surface area (Å²) in [5.74, 6) is -0.846. The van der Waals surface area contributed by atoms with Gasteiger partial charge in [-0.05, 0) is 37.6 Å². The molecule has 0 bridgehead atoms. The van der Waals surface area contributed by atoms with Crippen LogP contribution in [0.5, 0.6) is 0 Å². The minimum atomic E-state index is -0.436. The maximum atomic E-state index is 11.7. The van der Waals surface area contributed by atoms with Crippen LogP contribution in [0.3, 0.4) is 0 Å². The summed E-state index contributed by atoms with van der Waals surface area (Å²) >= 11 is 0. The molecule has 0 aliphatic carbocycles. The molecule has 16 heavy (non-hydrogen) atoms. The third-order valence-electron chi connectivity index (χ3n) is 2.71. The summed E-state index contributed by atoms with van der Waals surface area (Å²) in [6.45, 7) is 2.96. The Labute approximate surface area is 94.0 Å². The van der Waals surface area contributed by atoms with Gasteiger partial charge in [0.15, 0.2) is 0 Å². The number of Topliss-reactive ketones (excluding diaryl/α,β-unsaturated/α-hetero) is 1. The maximum Gasteiger partial charge on any atom is 0.299 e. The highest BCUT2D eigenvalue weighted by molar-refractivity contribution is 6.52. The monoisotopic (exact) mass is 218 g/mol. The molecule has 2 N–H and O–H groups in total. The quantitative estimate of drug-likeness (QED) is 0.766. The highest BCUT2D eigenvalue weighted by atomic mass is 16.2. The van der Waals surface area contributed by atoms with Crippen molar-refractivity contribution in [2.75, 3.05) is 18.0 Å². The topological polar surface area (TPSA) is 63.4 Å². The van der Waals surface area contributed by atoms with E-state index in [1.807, 2.05) is 19.1 Å². The average Bonchev–Trinajstić information content (AvgIpc) is 2.50. The SMILES string of the molecule is Cc1ccc2c(c1)N(CCCN)C(=O)C2=O. The van der Waals surface area contributed by atoms with Crippen molar-refractivity contribution in [3.8, 4) is 0 Å². The molecule has 0 saturated heterocycles. The summed E-state index contributed by atoms with van der Waals surface area (Å²) in [6, 6.07) is 5.43. The van der Waals surface area contributed by atoms with E-state index in [0.29, 0.717) is 25.1 Å². The van der Waals surface area contributed by atoms with E-state index in [-0.39, 0.29) is 0 Å². The zero-order valence-corrected chi connectivity index (χ0v) is 9.19. The second-order valence-electron chi connectivity index (χ2n) is 3.95. The van der Waals surface area contributed by atoms with Gasteiger partial charge in [0.1, 0.15) is 0 Å². The molecule has 0 radical (unpaired) electrons. The molecule has 0 saturated carbocycles. The van der Waals surface area contributed by atoms with E-state index in [1.54, 1.807) is 6.07 Å². The van der Waals surface area contributed by atoms with Crippen molar-refractivity contribution >= 4 is 17.4 Å².